The molecule has 0 amide bonds. The Hall–Kier alpha value is -2.60. The lowest BCUT2D eigenvalue weighted by Gasteiger charge is -2.31. The molecule has 2 saturated carbocycles. The van der Waals surface area contributed by atoms with Crippen LogP contribution in [0.15, 0.2) is 5.16 Å². The number of hydrogen-bond acceptors (Lipinski definition) is 11. The van der Waals surface area contributed by atoms with E-state index >= 15 is 0 Å². The first-order chi connectivity index (χ1) is 17.1. The zero-order valence-corrected chi connectivity index (χ0v) is 22.3. The number of aryl methyl sites for hydroxylation is 1. The highest BCUT2D eigenvalue weighted by Gasteiger charge is 2.47. The number of nitrogens with zero attached hydrogens (tertiary/aromatic N) is 4. The average molecular weight is 517 g/mol. The van der Waals surface area contributed by atoms with Crippen LogP contribution >= 0.6 is 11.3 Å². The van der Waals surface area contributed by atoms with Gasteiger partial charge in [-0.05, 0) is 71.4 Å². The van der Waals surface area contributed by atoms with Crippen LogP contribution < -0.4 is 20.5 Å². The van der Waals surface area contributed by atoms with Gasteiger partial charge in [-0.15, -0.1) is 11.3 Å². The predicted octanol–water partition coefficient (Wildman–Crippen LogP) is 1.73. The SMILES string of the molecule is CON=C(C)C=c1sc(-c2c(C)nc(NC3CCC3)nc2NC2(O)CCC(CO)C2O)nc1=C(C)C. The van der Waals surface area contributed by atoms with Gasteiger partial charge in [-0.2, -0.15) is 4.98 Å². The molecule has 5 N–H and O–H groups in total. The summed E-state index contributed by atoms with van der Waals surface area (Å²) < 4.78 is 0.922. The Morgan fingerprint density at radius 3 is 2.56 bits per heavy atom. The highest BCUT2D eigenvalue weighted by Crippen LogP contribution is 2.39. The van der Waals surface area contributed by atoms with Crippen molar-refractivity contribution in [3.05, 3.63) is 15.6 Å². The zero-order chi connectivity index (χ0) is 26.0. The van der Waals surface area contributed by atoms with E-state index in [9.17, 15) is 15.3 Å². The summed E-state index contributed by atoms with van der Waals surface area (Å²) in [6, 6.07) is 0.329. The second kappa shape index (κ2) is 10.8. The lowest BCUT2D eigenvalue weighted by Crippen LogP contribution is -2.48. The van der Waals surface area contributed by atoms with Gasteiger partial charge in [0.15, 0.2) is 5.72 Å². The summed E-state index contributed by atoms with van der Waals surface area (Å²) in [6.45, 7) is 7.55. The first kappa shape index (κ1) is 26.5. The van der Waals surface area contributed by atoms with Gasteiger partial charge in [0.1, 0.15) is 24.0 Å². The maximum atomic E-state index is 11.3. The number of rotatable bonds is 8. The van der Waals surface area contributed by atoms with Crippen LogP contribution in [-0.4, -0.2) is 67.6 Å². The highest BCUT2D eigenvalue weighted by atomic mass is 32.1. The van der Waals surface area contributed by atoms with Gasteiger partial charge in [-0.3, -0.25) is 0 Å². The summed E-state index contributed by atoms with van der Waals surface area (Å²) in [5.41, 5.74) is 1.49. The summed E-state index contributed by atoms with van der Waals surface area (Å²) >= 11 is 1.47. The lowest BCUT2D eigenvalue weighted by molar-refractivity contribution is -0.0545. The molecule has 0 aliphatic heterocycles. The first-order valence-electron chi connectivity index (χ1n) is 12.3. The molecule has 2 heterocycles. The van der Waals surface area contributed by atoms with Crippen LogP contribution in [0.2, 0.25) is 0 Å². The van der Waals surface area contributed by atoms with Gasteiger partial charge in [0, 0.05) is 18.6 Å². The Bertz CT molecular complexity index is 1250. The molecule has 0 bridgehead atoms. The number of aromatic nitrogens is 3. The molecule has 3 unspecified atom stereocenters. The van der Waals surface area contributed by atoms with E-state index in [0.29, 0.717) is 46.2 Å². The second-order valence-corrected chi connectivity index (χ2v) is 10.9. The molecule has 10 nitrogen and oxygen atoms in total. The highest BCUT2D eigenvalue weighted by molar-refractivity contribution is 7.13. The van der Waals surface area contributed by atoms with E-state index in [0.717, 1.165) is 28.3 Å². The molecule has 36 heavy (non-hydrogen) atoms. The van der Waals surface area contributed by atoms with Gasteiger partial charge in [0.05, 0.1) is 26.9 Å². The molecule has 2 aromatic rings. The van der Waals surface area contributed by atoms with E-state index in [-0.39, 0.29) is 13.0 Å². The zero-order valence-electron chi connectivity index (χ0n) is 21.5. The van der Waals surface area contributed by atoms with Crippen molar-refractivity contribution in [3.8, 4) is 10.6 Å². The topological polar surface area (TPSA) is 145 Å². The van der Waals surface area contributed by atoms with Crippen LogP contribution in [0.5, 0.6) is 0 Å². The Morgan fingerprint density at radius 1 is 1.22 bits per heavy atom. The number of nitrogens with one attached hydrogen (secondary N) is 2. The van der Waals surface area contributed by atoms with Crippen molar-refractivity contribution in [2.75, 3.05) is 24.4 Å². The van der Waals surface area contributed by atoms with Crippen molar-refractivity contribution in [1.29, 1.82) is 0 Å². The number of oxime groups is 1. The van der Waals surface area contributed by atoms with Crippen molar-refractivity contribution in [2.24, 2.45) is 11.1 Å². The third-order valence-electron chi connectivity index (χ3n) is 6.85. The smallest absolute Gasteiger partial charge is 0.225 e. The van der Waals surface area contributed by atoms with Crippen molar-refractivity contribution in [2.45, 2.75) is 77.7 Å². The van der Waals surface area contributed by atoms with Crippen molar-refractivity contribution in [3.63, 3.8) is 0 Å². The minimum Gasteiger partial charge on any atom is -0.399 e. The van der Waals surface area contributed by atoms with Crippen LogP contribution in [0.25, 0.3) is 22.2 Å². The number of hydrogen-bond donors (Lipinski definition) is 5. The van der Waals surface area contributed by atoms with Gasteiger partial charge in [0.2, 0.25) is 5.95 Å². The number of thiazole rings is 1. The maximum absolute atomic E-state index is 11.3. The molecule has 0 radical (unpaired) electrons. The Labute approximate surface area is 214 Å². The van der Waals surface area contributed by atoms with Gasteiger partial charge in [-0.25, -0.2) is 9.97 Å². The number of anilines is 2. The fraction of sp³-hybridized carbons (Fsp3) is 0.600. The third-order valence-corrected chi connectivity index (χ3v) is 7.87. The molecule has 4 rings (SSSR count). The first-order valence-corrected chi connectivity index (χ1v) is 13.2. The fourth-order valence-electron chi connectivity index (χ4n) is 4.61. The molecule has 0 aromatic carbocycles. The molecule has 0 spiro atoms. The Kier molecular flexibility index (Phi) is 7.93. The van der Waals surface area contributed by atoms with Crippen LogP contribution in [-0.2, 0) is 4.84 Å². The molecule has 3 atom stereocenters. The van der Waals surface area contributed by atoms with Crippen LogP contribution in [0, 0.1) is 12.8 Å². The quantitative estimate of drug-likeness (QED) is 0.201. The van der Waals surface area contributed by atoms with Gasteiger partial charge in [0.25, 0.3) is 0 Å². The van der Waals surface area contributed by atoms with Crippen LogP contribution in [0.1, 0.15) is 58.6 Å². The molecule has 2 aliphatic rings. The van der Waals surface area contributed by atoms with Gasteiger partial charge in [-0.1, -0.05) is 5.16 Å². The minimum atomic E-state index is -1.62. The van der Waals surface area contributed by atoms with Crippen LogP contribution in [0.4, 0.5) is 11.8 Å². The lowest BCUT2D eigenvalue weighted by atomic mass is 9.93. The van der Waals surface area contributed by atoms with Crippen molar-refractivity contribution < 1.29 is 20.2 Å². The summed E-state index contributed by atoms with van der Waals surface area (Å²) in [7, 11) is 1.51. The molecule has 2 aromatic heterocycles. The van der Waals surface area contributed by atoms with Gasteiger partial charge < -0.3 is 30.8 Å². The van der Waals surface area contributed by atoms with Crippen LogP contribution in [0.3, 0.4) is 0 Å². The fourth-order valence-corrected chi connectivity index (χ4v) is 5.88. The minimum absolute atomic E-state index is 0.196. The monoisotopic (exact) mass is 516 g/mol. The normalized spacial score (nSPS) is 25.1. The van der Waals surface area contributed by atoms with E-state index in [1.165, 1.54) is 24.9 Å². The summed E-state index contributed by atoms with van der Waals surface area (Å²) in [4.78, 5) is 19.3. The number of aliphatic hydroxyl groups excluding tert-OH is 2. The van der Waals surface area contributed by atoms with Crippen molar-refractivity contribution >= 4 is 40.5 Å². The average Bonchev–Trinajstić information content (AvgIpc) is 3.31. The molecule has 196 valence electrons. The van der Waals surface area contributed by atoms with Crippen molar-refractivity contribution in [1.82, 2.24) is 15.0 Å². The molecule has 11 heteroatoms. The third kappa shape index (κ3) is 5.39. The van der Waals surface area contributed by atoms with E-state index in [1.807, 2.05) is 33.8 Å². The summed E-state index contributed by atoms with van der Waals surface area (Å²) in [6.07, 6.45) is 4.87. The molecular formula is C25H36N6O4S. The Morgan fingerprint density at radius 2 is 1.97 bits per heavy atom. The van der Waals surface area contributed by atoms with E-state index < -0.39 is 17.7 Å². The number of aliphatic hydroxyl groups is 3. The summed E-state index contributed by atoms with van der Waals surface area (Å²) in [5, 5.41) is 43.7. The molecule has 2 aliphatic carbocycles. The van der Waals surface area contributed by atoms with E-state index in [2.05, 4.69) is 15.8 Å². The molecule has 0 saturated heterocycles. The standard InChI is InChI=1S/C25H36N6O4S/c1-13(2)20-18(11-14(3)31-35-5)36-23(28-20)19-15(4)26-24(27-17-7-6-8-17)29-22(19)30-25(34)10-9-16(12-32)21(25)33/h11,16-17,21,32-34H,6-10,12H2,1-5H3,(H2,26,27,29,30). The van der Waals surface area contributed by atoms with E-state index in [4.69, 9.17) is 19.8 Å². The molecular weight excluding hydrogens is 480 g/mol. The largest absolute Gasteiger partial charge is 0.399 e. The predicted molar refractivity (Wildman–Crippen MR) is 142 cm³/mol. The van der Waals surface area contributed by atoms with Gasteiger partial charge >= 0.3 is 0 Å². The maximum Gasteiger partial charge on any atom is 0.225 e. The summed E-state index contributed by atoms with van der Waals surface area (Å²) in [5.74, 6) is 0.463. The van der Waals surface area contributed by atoms with E-state index in [1.54, 1.807) is 0 Å². The molecule has 2 fully saturated rings. The second-order valence-electron chi connectivity index (χ2n) is 9.90. The Balaban J connectivity index is 1.84.